The number of carbonyl (C=O) groups excluding carboxylic acids is 1. The smallest absolute Gasteiger partial charge is 0.314 e. The molecule has 8 nitrogen and oxygen atoms in total. The molecule has 0 radical (unpaired) electrons. The molecule has 2 amide bonds. The Morgan fingerprint density at radius 2 is 1.95 bits per heavy atom. The van der Waals surface area contributed by atoms with E-state index in [2.05, 4.69) is 10.6 Å². The summed E-state index contributed by atoms with van der Waals surface area (Å²) >= 11 is 0. The first-order chi connectivity index (χ1) is 9.45. The van der Waals surface area contributed by atoms with Gasteiger partial charge in [0, 0.05) is 26.7 Å². The molecule has 0 saturated carbocycles. The standard InChI is InChI=1S/C12H25N3O5/c1-15(2)5-7-20-6-4-13-12(18)14-9-10(19-3)8-11(16)17/h10H,4-9H2,1-3H3,(H,16,17)(H2,13,14,18). The van der Waals surface area contributed by atoms with Crippen molar-refractivity contribution in [3.8, 4) is 0 Å². The van der Waals surface area contributed by atoms with E-state index in [0.29, 0.717) is 19.8 Å². The number of carbonyl (C=O) groups is 2. The molecule has 1 atom stereocenters. The van der Waals surface area contributed by atoms with Gasteiger partial charge in [0.15, 0.2) is 0 Å². The molecular formula is C12H25N3O5. The fourth-order valence-electron chi connectivity index (χ4n) is 1.29. The van der Waals surface area contributed by atoms with Crippen LogP contribution in [0.3, 0.4) is 0 Å². The molecule has 8 heteroatoms. The van der Waals surface area contributed by atoms with Crippen molar-refractivity contribution < 1.29 is 24.2 Å². The molecule has 1 unspecified atom stereocenters. The highest BCUT2D eigenvalue weighted by Crippen LogP contribution is 1.95. The van der Waals surface area contributed by atoms with E-state index in [1.165, 1.54) is 7.11 Å². The van der Waals surface area contributed by atoms with Gasteiger partial charge >= 0.3 is 12.0 Å². The summed E-state index contributed by atoms with van der Waals surface area (Å²) in [7, 11) is 5.32. The molecule has 0 aromatic rings. The third kappa shape index (κ3) is 11.7. The molecule has 20 heavy (non-hydrogen) atoms. The first-order valence-electron chi connectivity index (χ1n) is 6.44. The average Bonchev–Trinajstić information content (AvgIpc) is 2.37. The Kier molecular flexibility index (Phi) is 10.7. The minimum absolute atomic E-state index is 0.148. The van der Waals surface area contributed by atoms with Crippen molar-refractivity contribution in [2.24, 2.45) is 0 Å². The van der Waals surface area contributed by atoms with Crippen molar-refractivity contribution in [2.75, 3.05) is 54.1 Å². The maximum absolute atomic E-state index is 11.4. The zero-order valence-electron chi connectivity index (χ0n) is 12.3. The lowest BCUT2D eigenvalue weighted by Crippen LogP contribution is -2.42. The van der Waals surface area contributed by atoms with Gasteiger partial charge in [0.05, 0.1) is 25.7 Å². The van der Waals surface area contributed by atoms with Gasteiger partial charge in [-0.1, -0.05) is 0 Å². The lowest BCUT2D eigenvalue weighted by atomic mass is 10.2. The number of likely N-dealkylation sites (N-methyl/N-ethyl adjacent to an activating group) is 1. The summed E-state index contributed by atoms with van der Waals surface area (Å²) in [6.07, 6.45) is -0.681. The SMILES string of the molecule is COC(CNC(=O)NCCOCCN(C)C)CC(=O)O. The summed E-state index contributed by atoms with van der Waals surface area (Å²) in [5, 5.41) is 13.8. The van der Waals surface area contributed by atoms with Gasteiger partial charge in [0.1, 0.15) is 0 Å². The Morgan fingerprint density at radius 3 is 2.50 bits per heavy atom. The summed E-state index contributed by atoms with van der Waals surface area (Å²) in [5.41, 5.74) is 0. The van der Waals surface area contributed by atoms with E-state index in [9.17, 15) is 9.59 Å². The number of hydrogen-bond acceptors (Lipinski definition) is 5. The zero-order valence-corrected chi connectivity index (χ0v) is 12.3. The molecule has 0 heterocycles. The quantitative estimate of drug-likeness (QED) is 0.438. The molecule has 0 aromatic carbocycles. The van der Waals surface area contributed by atoms with Crippen LogP contribution in [-0.2, 0) is 14.3 Å². The van der Waals surface area contributed by atoms with E-state index in [0.717, 1.165) is 6.54 Å². The topological polar surface area (TPSA) is 100 Å². The third-order valence-corrected chi connectivity index (χ3v) is 2.44. The van der Waals surface area contributed by atoms with Gasteiger partial charge < -0.3 is 30.1 Å². The average molecular weight is 291 g/mol. The molecule has 0 aromatic heterocycles. The molecule has 0 saturated heterocycles. The number of amides is 2. The van der Waals surface area contributed by atoms with E-state index >= 15 is 0 Å². The number of nitrogens with one attached hydrogen (secondary N) is 2. The summed E-state index contributed by atoms with van der Waals surface area (Å²) in [4.78, 5) is 23.9. The Bertz CT molecular complexity index is 286. The largest absolute Gasteiger partial charge is 0.481 e. The fraction of sp³-hybridized carbons (Fsp3) is 0.833. The molecular weight excluding hydrogens is 266 g/mol. The number of carboxylic acid groups (broad SMARTS) is 1. The second-order valence-corrected chi connectivity index (χ2v) is 4.51. The van der Waals surface area contributed by atoms with Crippen LogP contribution in [0, 0.1) is 0 Å². The summed E-state index contributed by atoms with van der Waals surface area (Å²) in [6.45, 7) is 2.42. The Balaban J connectivity index is 3.55. The van der Waals surface area contributed by atoms with E-state index < -0.39 is 12.1 Å². The first kappa shape index (κ1) is 18.6. The Morgan fingerprint density at radius 1 is 1.25 bits per heavy atom. The second kappa shape index (κ2) is 11.4. The van der Waals surface area contributed by atoms with Crippen molar-refractivity contribution >= 4 is 12.0 Å². The summed E-state index contributed by atoms with van der Waals surface area (Å²) in [5.74, 6) is -0.964. The minimum atomic E-state index is -0.964. The van der Waals surface area contributed by atoms with Crippen LogP contribution in [-0.4, -0.2) is 82.2 Å². The van der Waals surface area contributed by atoms with Crippen LogP contribution < -0.4 is 10.6 Å². The molecule has 118 valence electrons. The van der Waals surface area contributed by atoms with E-state index in [1.54, 1.807) is 0 Å². The van der Waals surface area contributed by atoms with Crippen LogP contribution in [0.1, 0.15) is 6.42 Å². The van der Waals surface area contributed by atoms with Crippen molar-refractivity contribution in [1.29, 1.82) is 0 Å². The lowest BCUT2D eigenvalue weighted by Gasteiger charge is -2.14. The van der Waals surface area contributed by atoms with Crippen molar-refractivity contribution in [1.82, 2.24) is 15.5 Å². The predicted octanol–water partition coefficient (Wildman–Crippen LogP) is -0.646. The third-order valence-electron chi connectivity index (χ3n) is 2.44. The number of nitrogens with zero attached hydrogens (tertiary/aromatic N) is 1. The van der Waals surface area contributed by atoms with Crippen molar-refractivity contribution in [3.05, 3.63) is 0 Å². The molecule has 0 aliphatic carbocycles. The van der Waals surface area contributed by atoms with Gasteiger partial charge in [0.25, 0.3) is 0 Å². The Hall–Kier alpha value is -1.38. The van der Waals surface area contributed by atoms with Crippen molar-refractivity contribution in [2.45, 2.75) is 12.5 Å². The maximum Gasteiger partial charge on any atom is 0.314 e. The van der Waals surface area contributed by atoms with Crippen LogP contribution in [0.2, 0.25) is 0 Å². The van der Waals surface area contributed by atoms with Gasteiger partial charge in [0.2, 0.25) is 0 Å². The number of methoxy groups -OCH3 is 1. The molecule has 0 aliphatic rings. The highest BCUT2D eigenvalue weighted by atomic mass is 16.5. The maximum atomic E-state index is 11.4. The molecule has 0 aliphatic heterocycles. The number of aliphatic carboxylic acids is 1. The van der Waals surface area contributed by atoms with E-state index in [1.807, 2.05) is 19.0 Å². The monoisotopic (exact) mass is 291 g/mol. The fourth-order valence-corrected chi connectivity index (χ4v) is 1.29. The molecule has 0 fully saturated rings. The van der Waals surface area contributed by atoms with E-state index in [-0.39, 0.29) is 19.0 Å². The summed E-state index contributed by atoms with van der Waals surface area (Å²) < 4.78 is 10.2. The predicted molar refractivity (Wildman–Crippen MR) is 73.8 cm³/mol. The van der Waals surface area contributed by atoms with E-state index in [4.69, 9.17) is 14.6 Å². The number of ether oxygens (including phenoxy) is 2. The van der Waals surface area contributed by atoms with Crippen LogP contribution in [0.4, 0.5) is 4.79 Å². The zero-order chi connectivity index (χ0) is 15.4. The van der Waals surface area contributed by atoms with Crippen LogP contribution >= 0.6 is 0 Å². The van der Waals surface area contributed by atoms with Crippen molar-refractivity contribution in [3.63, 3.8) is 0 Å². The minimum Gasteiger partial charge on any atom is -0.481 e. The number of urea groups is 1. The highest BCUT2D eigenvalue weighted by Gasteiger charge is 2.13. The van der Waals surface area contributed by atoms with Crippen LogP contribution in [0.25, 0.3) is 0 Å². The number of hydrogen-bond donors (Lipinski definition) is 3. The van der Waals surface area contributed by atoms with Gasteiger partial charge in [-0.3, -0.25) is 4.79 Å². The first-order valence-corrected chi connectivity index (χ1v) is 6.44. The molecule has 3 N–H and O–H groups in total. The van der Waals surface area contributed by atoms with Gasteiger partial charge in [-0.2, -0.15) is 0 Å². The van der Waals surface area contributed by atoms with Gasteiger partial charge in [-0.25, -0.2) is 4.79 Å². The number of rotatable bonds is 11. The lowest BCUT2D eigenvalue weighted by molar-refractivity contribution is -0.139. The number of carboxylic acids is 1. The Labute approximate surface area is 119 Å². The normalized spacial score (nSPS) is 12.2. The van der Waals surface area contributed by atoms with Crippen LogP contribution in [0.5, 0.6) is 0 Å². The molecule has 0 rings (SSSR count). The molecule has 0 bridgehead atoms. The summed E-state index contributed by atoms with van der Waals surface area (Å²) in [6, 6.07) is -0.367. The molecule has 0 spiro atoms. The van der Waals surface area contributed by atoms with Gasteiger partial charge in [-0.15, -0.1) is 0 Å². The van der Waals surface area contributed by atoms with Gasteiger partial charge in [-0.05, 0) is 14.1 Å². The van der Waals surface area contributed by atoms with Crippen LogP contribution in [0.15, 0.2) is 0 Å². The second-order valence-electron chi connectivity index (χ2n) is 4.51. The highest BCUT2D eigenvalue weighted by molar-refractivity contribution is 5.74.